The van der Waals surface area contributed by atoms with Gasteiger partial charge in [0.25, 0.3) is 0 Å². The van der Waals surface area contributed by atoms with Crippen LogP contribution >= 0.6 is 15.9 Å². The highest BCUT2D eigenvalue weighted by atomic mass is 79.9. The van der Waals surface area contributed by atoms with Crippen molar-refractivity contribution in [2.75, 3.05) is 25.5 Å². The number of halogens is 1. The summed E-state index contributed by atoms with van der Waals surface area (Å²) < 4.78 is 6.03. The molecule has 20 heavy (non-hydrogen) atoms. The second kappa shape index (κ2) is 7.64. The van der Waals surface area contributed by atoms with E-state index in [4.69, 9.17) is 4.74 Å². The van der Waals surface area contributed by atoms with E-state index in [1.54, 1.807) is 7.11 Å². The smallest absolute Gasteiger partial charge is 0.224 e. The number of benzene rings is 1. The summed E-state index contributed by atoms with van der Waals surface area (Å²) in [6.45, 7) is 2.15. The van der Waals surface area contributed by atoms with Crippen molar-refractivity contribution in [1.82, 2.24) is 5.32 Å². The number of anilines is 1. The largest absolute Gasteiger partial charge is 0.497 e. The Morgan fingerprint density at radius 3 is 3.10 bits per heavy atom. The fraction of sp³-hybridized carbons (Fsp3) is 0.533. The van der Waals surface area contributed by atoms with E-state index in [0.717, 1.165) is 35.4 Å². The van der Waals surface area contributed by atoms with Crippen LogP contribution in [0.2, 0.25) is 0 Å². The third-order valence-corrected chi connectivity index (χ3v) is 4.32. The topological polar surface area (TPSA) is 50.4 Å². The van der Waals surface area contributed by atoms with Gasteiger partial charge in [0.05, 0.1) is 12.8 Å². The van der Waals surface area contributed by atoms with E-state index in [1.807, 2.05) is 18.2 Å². The molecule has 0 aromatic heterocycles. The molecule has 1 aromatic rings. The molecule has 1 aromatic carbocycles. The van der Waals surface area contributed by atoms with Gasteiger partial charge in [0, 0.05) is 17.0 Å². The minimum atomic E-state index is 0.0597. The Balaban J connectivity index is 1.84. The van der Waals surface area contributed by atoms with Gasteiger partial charge >= 0.3 is 0 Å². The number of nitrogens with one attached hydrogen (secondary N) is 2. The fourth-order valence-electron chi connectivity index (χ4n) is 2.45. The van der Waals surface area contributed by atoms with Crippen molar-refractivity contribution in [1.29, 1.82) is 0 Å². The lowest BCUT2D eigenvalue weighted by Gasteiger charge is -2.22. The Labute approximate surface area is 128 Å². The van der Waals surface area contributed by atoms with Crippen LogP contribution in [0.15, 0.2) is 22.7 Å². The van der Waals surface area contributed by atoms with Crippen LogP contribution in [0.25, 0.3) is 0 Å². The number of rotatable bonds is 5. The summed E-state index contributed by atoms with van der Waals surface area (Å²) in [4.78, 5) is 12.0. The van der Waals surface area contributed by atoms with Crippen molar-refractivity contribution in [3.63, 3.8) is 0 Å². The Bertz CT molecular complexity index is 459. The van der Waals surface area contributed by atoms with Gasteiger partial charge in [-0.1, -0.05) is 0 Å². The van der Waals surface area contributed by atoms with E-state index in [-0.39, 0.29) is 5.91 Å². The van der Waals surface area contributed by atoms with Crippen molar-refractivity contribution in [2.24, 2.45) is 5.92 Å². The molecule has 1 unspecified atom stereocenters. The lowest BCUT2D eigenvalue weighted by atomic mass is 9.94. The summed E-state index contributed by atoms with van der Waals surface area (Å²) in [6, 6.07) is 5.55. The first-order chi connectivity index (χ1) is 9.69. The zero-order valence-corrected chi connectivity index (χ0v) is 13.3. The first-order valence-electron chi connectivity index (χ1n) is 7.03. The summed E-state index contributed by atoms with van der Waals surface area (Å²) in [7, 11) is 1.62. The highest BCUT2D eigenvalue weighted by molar-refractivity contribution is 9.10. The molecular formula is C15H21BrN2O2. The summed E-state index contributed by atoms with van der Waals surface area (Å²) in [5, 5.41) is 6.31. The summed E-state index contributed by atoms with van der Waals surface area (Å²) in [5.41, 5.74) is 0.760. The second-order valence-corrected chi connectivity index (χ2v) is 6.00. The fourth-order valence-corrected chi connectivity index (χ4v) is 2.79. The second-order valence-electron chi connectivity index (χ2n) is 5.15. The van der Waals surface area contributed by atoms with E-state index >= 15 is 0 Å². The van der Waals surface area contributed by atoms with E-state index in [9.17, 15) is 4.79 Å². The highest BCUT2D eigenvalue weighted by Gasteiger charge is 2.15. The van der Waals surface area contributed by atoms with E-state index in [0.29, 0.717) is 12.3 Å². The normalized spacial score (nSPS) is 18.6. The number of amides is 1. The van der Waals surface area contributed by atoms with Gasteiger partial charge in [0.1, 0.15) is 5.75 Å². The molecule has 1 atom stereocenters. The molecule has 2 rings (SSSR count). The van der Waals surface area contributed by atoms with Gasteiger partial charge in [0.15, 0.2) is 0 Å². The maximum atomic E-state index is 12.0. The molecule has 4 nitrogen and oxygen atoms in total. The van der Waals surface area contributed by atoms with Crippen molar-refractivity contribution < 1.29 is 9.53 Å². The highest BCUT2D eigenvalue weighted by Crippen LogP contribution is 2.27. The van der Waals surface area contributed by atoms with Gasteiger partial charge in [-0.2, -0.15) is 0 Å². The third-order valence-electron chi connectivity index (χ3n) is 3.63. The molecule has 1 heterocycles. The Morgan fingerprint density at radius 1 is 1.55 bits per heavy atom. The van der Waals surface area contributed by atoms with Gasteiger partial charge in [-0.25, -0.2) is 0 Å². The molecule has 0 saturated carbocycles. The molecule has 0 bridgehead atoms. The summed E-state index contributed by atoms with van der Waals surface area (Å²) in [6.07, 6.45) is 3.95. The zero-order valence-electron chi connectivity index (χ0n) is 11.7. The lowest BCUT2D eigenvalue weighted by Crippen LogP contribution is -2.30. The van der Waals surface area contributed by atoms with Crippen molar-refractivity contribution in [3.8, 4) is 5.75 Å². The van der Waals surface area contributed by atoms with Crippen molar-refractivity contribution in [3.05, 3.63) is 22.7 Å². The van der Waals surface area contributed by atoms with Crippen LogP contribution in [0.4, 0.5) is 5.69 Å². The molecule has 1 aliphatic heterocycles. The number of methoxy groups -OCH3 is 1. The van der Waals surface area contributed by atoms with E-state index in [2.05, 4.69) is 26.6 Å². The minimum absolute atomic E-state index is 0.0597. The molecule has 1 aliphatic rings. The monoisotopic (exact) mass is 340 g/mol. The maximum absolute atomic E-state index is 12.0. The number of hydrogen-bond donors (Lipinski definition) is 2. The van der Waals surface area contributed by atoms with Crippen LogP contribution < -0.4 is 15.4 Å². The molecule has 110 valence electrons. The number of carbonyl (C=O) groups is 1. The number of ether oxygens (including phenoxy) is 1. The van der Waals surface area contributed by atoms with Crippen LogP contribution in [-0.2, 0) is 4.79 Å². The van der Waals surface area contributed by atoms with Crippen LogP contribution in [0.3, 0.4) is 0 Å². The zero-order chi connectivity index (χ0) is 14.4. The number of carbonyl (C=O) groups excluding carboxylic acids is 1. The predicted octanol–water partition coefficient (Wildman–Crippen LogP) is 3.18. The van der Waals surface area contributed by atoms with Crippen LogP contribution in [0.1, 0.15) is 25.7 Å². The molecule has 0 radical (unpaired) electrons. The Hall–Kier alpha value is -1.07. The first-order valence-corrected chi connectivity index (χ1v) is 7.82. The van der Waals surface area contributed by atoms with Crippen molar-refractivity contribution >= 4 is 27.5 Å². The average Bonchev–Trinajstić information content (AvgIpc) is 2.48. The molecule has 0 spiro atoms. The molecule has 1 fully saturated rings. The van der Waals surface area contributed by atoms with Crippen LogP contribution in [0.5, 0.6) is 5.75 Å². The third kappa shape index (κ3) is 4.49. The lowest BCUT2D eigenvalue weighted by molar-refractivity contribution is -0.116. The SMILES string of the molecule is COc1ccc(Br)c(NC(=O)CCC2CCCNC2)c1. The van der Waals surface area contributed by atoms with Crippen LogP contribution in [-0.4, -0.2) is 26.1 Å². The quantitative estimate of drug-likeness (QED) is 0.865. The van der Waals surface area contributed by atoms with Crippen molar-refractivity contribution in [2.45, 2.75) is 25.7 Å². The first kappa shape index (κ1) is 15.3. The molecule has 5 heteroatoms. The summed E-state index contributed by atoms with van der Waals surface area (Å²) in [5.74, 6) is 1.42. The van der Waals surface area contributed by atoms with E-state index < -0.39 is 0 Å². The van der Waals surface area contributed by atoms with Crippen LogP contribution in [0, 0.1) is 5.92 Å². The van der Waals surface area contributed by atoms with Gasteiger partial charge in [-0.05, 0) is 66.3 Å². The van der Waals surface area contributed by atoms with Gasteiger partial charge in [-0.15, -0.1) is 0 Å². The predicted molar refractivity (Wildman–Crippen MR) is 84.2 cm³/mol. The number of piperidine rings is 1. The van der Waals surface area contributed by atoms with E-state index in [1.165, 1.54) is 12.8 Å². The Kier molecular flexibility index (Phi) is 5.86. The minimum Gasteiger partial charge on any atom is -0.497 e. The average molecular weight is 341 g/mol. The molecule has 1 amide bonds. The molecular weight excluding hydrogens is 320 g/mol. The van der Waals surface area contributed by atoms with Gasteiger partial charge in [0.2, 0.25) is 5.91 Å². The standard InChI is InChI=1S/C15H21BrN2O2/c1-20-12-5-6-13(16)14(9-12)18-15(19)7-4-11-3-2-8-17-10-11/h5-6,9,11,17H,2-4,7-8,10H2,1H3,(H,18,19). The molecule has 0 aliphatic carbocycles. The molecule has 2 N–H and O–H groups in total. The number of hydrogen-bond acceptors (Lipinski definition) is 3. The van der Waals surface area contributed by atoms with Gasteiger partial charge < -0.3 is 15.4 Å². The summed E-state index contributed by atoms with van der Waals surface area (Å²) >= 11 is 3.44. The molecule has 1 saturated heterocycles. The van der Waals surface area contributed by atoms with Gasteiger partial charge in [-0.3, -0.25) is 4.79 Å². The maximum Gasteiger partial charge on any atom is 0.224 e. The Morgan fingerprint density at radius 2 is 2.40 bits per heavy atom.